The lowest BCUT2D eigenvalue weighted by Crippen LogP contribution is -2.35. The summed E-state index contributed by atoms with van der Waals surface area (Å²) < 4.78 is 10.2. The molecule has 1 amide bonds. The fourth-order valence-electron chi connectivity index (χ4n) is 2.32. The number of hydrogen-bond donors (Lipinski definition) is 1. The molecule has 2 aromatic rings. The van der Waals surface area contributed by atoms with E-state index >= 15 is 0 Å². The number of amides is 1. The molecule has 0 radical (unpaired) electrons. The van der Waals surface area contributed by atoms with Gasteiger partial charge in [-0.15, -0.1) is 0 Å². The van der Waals surface area contributed by atoms with E-state index in [-0.39, 0.29) is 31.0 Å². The number of carboxylic acid groups (broad SMARTS) is 1. The van der Waals surface area contributed by atoms with Gasteiger partial charge in [-0.25, -0.2) is 9.59 Å². The first-order chi connectivity index (χ1) is 12.9. The molecule has 0 aliphatic carbocycles. The Hall–Kier alpha value is -3.46. The van der Waals surface area contributed by atoms with E-state index in [4.69, 9.17) is 14.6 Å². The van der Waals surface area contributed by atoms with Crippen LogP contribution in [0.4, 0.5) is 16.2 Å². The molecule has 2 aromatic carbocycles. The maximum Gasteiger partial charge on any atom is 0.414 e. The lowest BCUT2D eigenvalue weighted by atomic mass is 10.1. The van der Waals surface area contributed by atoms with Crippen molar-refractivity contribution in [2.45, 2.75) is 6.61 Å². The predicted molar refractivity (Wildman–Crippen MR) is 95.9 cm³/mol. The van der Waals surface area contributed by atoms with Crippen molar-refractivity contribution in [3.05, 3.63) is 69.8 Å². The van der Waals surface area contributed by atoms with Gasteiger partial charge in [-0.3, -0.25) is 15.0 Å². The third-order valence-corrected chi connectivity index (χ3v) is 3.65. The number of aromatic carboxylic acids is 1. The van der Waals surface area contributed by atoms with Crippen LogP contribution in [-0.2, 0) is 16.1 Å². The van der Waals surface area contributed by atoms with Gasteiger partial charge in [0.2, 0.25) is 0 Å². The van der Waals surface area contributed by atoms with E-state index < -0.39 is 22.7 Å². The standard InChI is InChI=1S/C18H18N2O7/c1-26-10-9-19(18(23)27-12-13-5-3-2-4-6-13)15-8-7-14(17(21)22)11-16(15)20(24)25/h2-8,11H,9-10,12H2,1H3,(H,21,22). The Labute approximate surface area is 154 Å². The minimum absolute atomic E-state index is 0.00260. The fourth-order valence-corrected chi connectivity index (χ4v) is 2.32. The van der Waals surface area contributed by atoms with Crippen LogP contribution in [0.15, 0.2) is 48.5 Å². The van der Waals surface area contributed by atoms with Gasteiger partial charge in [-0.2, -0.15) is 0 Å². The summed E-state index contributed by atoms with van der Waals surface area (Å²) in [5.74, 6) is -1.31. The molecule has 0 saturated heterocycles. The molecule has 0 saturated carbocycles. The van der Waals surface area contributed by atoms with Crippen LogP contribution < -0.4 is 4.90 Å². The Balaban J connectivity index is 2.30. The van der Waals surface area contributed by atoms with Crippen LogP contribution in [0.1, 0.15) is 15.9 Å². The number of hydrogen-bond acceptors (Lipinski definition) is 6. The van der Waals surface area contributed by atoms with Crippen LogP contribution in [0.2, 0.25) is 0 Å². The first-order valence-corrected chi connectivity index (χ1v) is 7.93. The summed E-state index contributed by atoms with van der Waals surface area (Å²) in [5, 5.41) is 20.4. The largest absolute Gasteiger partial charge is 0.478 e. The van der Waals surface area contributed by atoms with Crippen molar-refractivity contribution in [1.29, 1.82) is 0 Å². The average Bonchev–Trinajstić information content (AvgIpc) is 2.67. The van der Waals surface area contributed by atoms with E-state index in [1.165, 1.54) is 19.2 Å². The van der Waals surface area contributed by atoms with E-state index in [9.17, 15) is 19.7 Å². The van der Waals surface area contributed by atoms with Crippen molar-refractivity contribution < 1.29 is 29.1 Å². The lowest BCUT2D eigenvalue weighted by molar-refractivity contribution is -0.384. The van der Waals surface area contributed by atoms with Crippen LogP contribution in [0.3, 0.4) is 0 Å². The van der Waals surface area contributed by atoms with Crippen LogP contribution in [0.5, 0.6) is 0 Å². The molecule has 0 atom stereocenters. The zero-order valence-electron chi connectivity index (χ0n) is 14.5. The van der Waals surface area contributed by atoms with Crippen molar-refractivity contribution in [1.82, 2.24) is 0 Å². The number of anilines is 1. The van der Waals surface area contributed by atoms with Crippen molar-refractivity contribution in [3.8, 4) is 0 Å². The summed E-state index contributed by atoms with van der Waals surface area (Å²) >= 11 is 0. The molecule has 0 spiro atoms. The van der Waals surface area contributed by atoms with Gasteiger partial charge < -0.3 is 14.6 Å². The van der Waals surface area contributed by atoms with Crippen LogP contribution in [0.25, 0.3) is 0 Å². The van der Waals surface area contributed by atoms with E-state index in [0.29, 0.717) is 0 Å². The molecule has 0 bridgehead atoms. The normalized spacial score (nSPS) is 10.3. The van der Waals surface area contributed by atoms with E-state index in [2.05, 4.69) is 0 Å². The number of nitro benzene ring substituents is 1. The molecular formula is C18H18N2O7. The van der Waals surface area contributed by atoms with Crippen LogP contribution in [0, 0.1) is 10.1 Å². The number of carbonyl (C=O) groups excluding carboxylic acids is 1. The van der Waals surface area contributed by atoms with Gasteiger partial charge >= 0.3 is 12.1 Å². The Kier molecular flexibility index (Phi) is 6.84. The Morgan fingerprint density at radius 2 is 1.89 bits per heavy atom. The van der Waals surface area contributed by atoms with Gasteiger partial charge in [0.25, 0.3) is 5.69 Å². The quantitative estimate of drug-likeness (QED) is 0.557. The molecule has 9 heteroatoms. The first-order valence-electron chi connectivity index (χ1n) is 7.93. The topological polar surface area (TPSA) is 119 Å². The van der Waals surface area contributed by atoms with E-state index in [1.807, 2.05) is 6.07 Å². The number of nitro groups is 1. The maximum atomic E-state index is 12.5. The van der Waals surface area contributed by atoms with Crippen LogP contribution >= 0.6 is 0 Å². The molecule has 0 heterocycles. The predicted octanol–water partition coefficient (Wildman–Crippen LogP) is 3.08. The molecule has 2 rings (SSSR count). The summed E-state index contributed by atoms with van der Waals surface area (Å²) in [7, 11) is 1.43. The Morgan fingerprint density at radius 3 is 2.48 bits per heavy atom. The molecule has 142 valence electrons. The lowest BCUT2D eigenvalue weighted by Gasteiger charge is -2.22. The minimum atomic E-state index is -1.31. The van der Waals surface area contributed by atoms with Gasteiger partial charge in [-0.1, -0.05) is 30.3 Å². The summed E-state index contributed by atoms with van der Waals surface area (Å²) in [6.07, 6.45) is -0.804. The second kappa shape index (κ2) is 9.30. The highest BCUT2D eigenvalue weighted by atomic mass is 16.6. The molecular weight excluding hydrogens is 356 g/mol. The zero-order valence-corrected chi connectivity index (χ0v) is 14.5. The molecule has 0 unspecified atom stereocenters. The molecule has 1 N–H and O–H groups in total. The summed E-state index contributed by atoms with van der Waals surface area (Å²) in [6.45, 7) is 0.0970. The highest BCUT2D eigenvalue weighted by Crippen LogP contribution is 2.30. The SMILES string of the molecule is COCCN(C(=O)OCc1ccccc1)c1ccc(C(=O)O)cc1[N+](=O)[O-]. The van der Waals surface area contributed by atoms with Crippen molar-refractivity contribution in [3.63, 3.8) is 0 Å². The number of carboxylic acids is 1. The summed E-state index contributed by atoms with van der Waals surface area (Å²) in [4.78, 5) is 35.3. The van der Waals surface area contributed by atoms with Crippen molar-refractivity contribution in [2.24, 2.45) is 0 Å². The van der Waals surface area contributed by atoms with Crippen LogP contribution in [-0.4, -0.2) is 42.4 Å². The molecule has 27 heavy (non-hydrogen) atoms. The van der Waals surface area contributed by atoms with E-state index in [0.717, 1.165) is 16.5 Å². The monoisotopic (exact) mass is 374 g/mol. The second-order valence-electron chi connectivity index (χ2n) is 5.45. The van der Waals surface area contributed by atoms with Crippen molar-refractivity contribution in [2.75, 3.05) is 25.2 Å². The summed E-state index contributed by atoms with van der Waals surface area (Å²) in [6, 6.07) is 12.3. The smallest absolute Gasteiger partial charge is 0.414 e. The van der Waals surface area contributed by atoms with Gasteiger partial charge in [0.1, 0.15) is 12.3 Å². The van der Waals surface area contributed by atoms with Crippen molar-refractivity contribution >= 4 is 23.4 Å². The molecule has 0 aliphatic rings. The number of carbonyl (C=O) groups is 2. The molecule has 0 aliphatic heterocycles. The van der Waals surface area contributed by atoms with Gasteiger partial charge in [0, 0.05) is 13.2 Å². The number of benzene rings is 2. The van der Waals surface area contributed by atoms with Gasteiger partial charge in [-0.05, 0) is 17.7 Å². The molecule has 0 aromatic heterocycles. The Bertz CT molecular complexity index is 824. The summed E-state index contributed by atoms with van der Waals surface area (Å²) in [5.41, 5.74) is -0.0779. The Morgan fingerprint density at radius 1 is 1.19 bits per heavy atom. The number of nitrogens with zero attached hydrogens (tertiary/aromatic N) is 2. The van der Waals surface area contributed by atoms with Gasteiger partial charge in [0.15, 0.2) is 0 Å². The zero-order chi connectivity index (χ0) is 19.8. The second-order valence-corrected chi connectivity index (χ2v) is 5.45. The number of rotatable bonds is 8. The third kappa shape index (κ3) is 5.25. The maximum absolute atomic E-state index is 12.5. The average molecular weight is 374 g/mol. The highest BCUT2D eigenvalue weighted by molar-refractivity contribution is 5.94. The fraction of sp³-hybridized carbons (Fsp3) is 0.222. The number of ether oxygens (including phenoxy) is 2. The molecule has 9 nitrogen and oxygen atoms in total. The van der Waals surface area contributed by atoms with Gasteiger partial charge in [0.05, 0.1) is 23.6 Å². The third-order valence-electron chi connectivity index (χ3n) is 3.65. The minimum Gasteiger partial charge on any atom is -0.478 e. The molecule has 0 fully saturated rings. The van der Waals surface area contributed by atoms with E-state index in [1.54, 1.807) is 24.3 Å². The highest BCUT2D eigenvalue weighted by Gasteiger charge is 2.27. The number of methoxy groups -OCH3 is 1. The first kappa shape index (κ1) is 19.9.